The molecule has 2 unspecified atom stereocenters. The van der Waals surface area contributed by atoms with Gasteiger partial charge in [-0.15, -0.1) is 11.8 Å². The third-order valence-electron chi connectivity index (χ3n) is 7.43. The van der Waals surface area contributed by atoms with Crippen LogP contribution in [0.3, 0.4) is 0 Å². The van der Waals surface area contributed by atoms with E-state index >= 15 is 0 Å². The summed E-state index contributed by atoms with van der Waals surface area (Å²) in [4.78, 5) is 38.7. The molecule has 2 amide bonds. The normalized spacial score (nSPS) is 30.1. The highest BCUT2D eigenvalue weighted by Gasteiger charge is 2.63. The van der Waals surface area contributed by atoms with Crippen LogP contribution in [0.4, 0.5) is 0 Å². The molecule has 1 aromatic rings. The van der Waals surface area contributed by atoms with E-state index in [1.165, 1.54) is 17.8 Å². The van der Waals surface area contributed by atoms with Gasteiger partial charge < -0.3 is 9.84 Å². The summed E-state index contributed by atoms with van der Waals surface area (Å²) >= 11 is 1.38. The molecule has 0 fully saturated rings. The molecule has 1 aromatic carbocycles. The minimum Gasteiger partial charge on any atom is -0.507 e. The molecule has 0 bridgehead atoms. The standard InChI is InChI=1S/C24H23NO5S/c1-11-6-7-15-22(2,3)19(27)14(31-5)10-24(15)23(11,4)9-12-8-13(26)16-17(18(12)30-24)21(29)25-20(16)28/h6-8,10,26H,9H2,1-5H3,(H,25,28,29). The summed E-state index contributed by atoms with van der Waals surface area (Å²) in [6.45, 7) is 7.92. The van der Waals surface area contributed by atoms with E-state index in [0.29, 0.717) is 22.6 Å². The molecule has 0 saturated carbocycles. The van der Waals surface area contributed by atoms with Crippen molar-refractivity contribution in [3.63, 3.8) is 0 Å². The van der Waals surface area contributed by atoms with Crippen molar-refractivity contribution in [2.75, 3.05) is 6.26 Å². The fraction of sp³-hybridized carbons (Fsp3) is 0.375. The average Bonchev–Trinajstić information content (AvgIpc) is 3.00. The van der Waals surface area contributed by atoms with Gasteiger partial charge in [-0.3, -0.25) is 19.7 Å². The van der Waals surface area contributed by atoms with Crippen LogP contribution in [0, 0.1) is 10.8 Å². The van der Waals surface area contributed by atoms with Gasteiger partial charge >= 0.3 is 0 Å². The summed E-state index contributed by atoms with van der Waals surface area (Å²) in [6, 6.07) is 1.52. The lowest BCUT2D eigenvalue weighted by Crippen LogP contribution is -2.62. The third-order valence-corrected chi connectivity index (χ3v) is 8.18. The number of phenolic OH excluding ortho intramolecular Hbond substituents is 1. The Balaban J connectivity index is 1.86. The lowest BCUT2D eigenvalue weighted by molar-refractivity contribution is -0.123. The highest BCUT2D eigenvalue weighted by Crippen LogP contribution is 2.62. The smallest absolute Gasteiger partial charge is 0.262 e. The zero-order valence-corrected chi connectivity index (χ0v) is 18.8. The van der Waals surface area contributed by atoms with Gasteiger partial charge in [0.2, 0.25) is 0 Å². The molecule has 2 heterocycles. The number of carbonyl (C=O) groups is 3. The lowest BCUT2D eigenvalue weighted by Gasteiger charge is -2.58. The number of hydrogen-bond acceptors (Lipinski definition) is 6. The highest BCUT2D eigenvalue weighted by atomic mass is 32.2. The number of phenols is 1. The average molecular weight is 438 g/mol. The van der Waals surface area contributed by atoms with Crippen molar-refractivity contribution in [3.05, 3.63) is 57.0 Å². The number of imide groups is 1. The summed E-state index contributed by atoms with van der Waals surface area (Å²) in [5.74, 6) is -1.11. The number of allylic oxidation sites excluding steroid dienone is 3. The van der Waals surface area contributed by atoms with Crippen LogP contribution in [0.15, 0.2) is 40.3 Å². The second-order valence-corrected chi connectivity index (χ2v) is 10.2. The van der Waals surface area contributed by atoms with E-state index < -0.39 is 28.2 Å². The van der Waals surface area contributed by atoms with Crippen LogP contribution in [0.1, 0.15) is 54.0 Å². The van der Waals surface area contributed by atoms with Gasteiger partial charge in [0.1, 0.15) is 11.5 Å². The van der Waals surface area contributed by atoms with E-state index in [4.69, 9.17) is 4.74 Å². The van der Waals surface area contributed by atoms with Crippen molar-refractivity contribution in [3.8, 4) is 11.5 Å². The summed E-state index contributed by atoms with van der Waals surface area (Å²) in [5, 5.41) is 12.8. The molecular formula is C24H23NO5S. The number of nitrogens with one attached hydrogen (secondary N) is 1. The van der Waals surface area contributed by atoms with Crippen LogP contribution in [-0.4, -0.2) is 34.6 Å². The Morgan fingerprint density at radius 2 is 1.77 bits per heavy atom. The molecule has 160 valence electrons. The molecule has 31 heavy (non-hydrogen) atoms. The number of ether oxygens (including phenoxy) is 1. The van der Waals surface area contributed by atoms with Gasteiger partial charge in [0.15, 0.2) is 11.4 Å². The van der Waals surface area contributed by atoms with Crippen LogP contribution in [-0.2, 0) is 11.2 Å². The second-order valence-electron chi connectivity index (χ2n) is 9.36. The number of rotatable bonds is 1. The number of benzene rings is 1. The predicted molar refractivity (Wildman–Crippen MR) is 117 cm³/mol. The minimum absolute atomic E-state index is 0.0328. The number of Topliss-reactive ketones (excluding diaryl/α,β-unsaturated/α-hetero) is 1. The molecule has 6 nitrogen and oxygen atoms in total. The first-order chi connectivity index (χ1) is 14.5. The van der Waals surface area contributed by atoms with Crippen molar-refractivity contribution >= 4 is 29.4 Å². The molecule has 2 N–H and O–H groups in total. The number of ketones is 1. The first kappa shape index (κ1) is 20.1. The Bertz CT molecular complexity index is 1220. The van der Waals surface area contributed by atoms with Gasteiger partial charge in [0, 0.05) is 5.41 Å². The number of hydrogen-bond donors (Lipinski definition) is 2. The Labute approximate surface area is 184 Å². The molecule has 4 aliphatic rings. The van der Waals surface area contributed by atoms with Gasteiger partial charge in [0.05, 0.1) is 21.4 Å². The van der Waals surface area contributed by atoms with Crippen LogP contribution in [0.2, 0.25) is 0 Å². The maximum Gasteiger partial charge on any atom is 0.262 e. The molecular weight excluding hydrogens is 414 g/mol. The van der Waals surface area contributed by atoms with E-state index in [1.807, 2.05) is 45.3 Å². The fourth-order valence-corrected chi connectivity index (χ4v) is 6.21. The minimum atomic E-state index is -0.995. The number of thioether (sulfide) groups is 1. The highest BCUT2D eigenvalue weighted by molar-refractivity contribution is 8.03. The number of carbonyl (C=O) groups excluding carboxylic acids is 3. The van der Waals surface area contributed by atoms with Gasteiger partial charge in [0.25, 0.3) is 11.8 Å². The molecule has 5 rings (SSSR count). The Morgan fingerprint density at radius 1 is 1.10 bits per heavy atom. The first-order valence-electron chi connectivity index (χ1n) is 10.1. The van der Waals surface area contributed by atoms with Gasteiger partial charge in [-0.2, -0.15) is 0 Å². The quantitative estimate of drug-likeness (QED) is 0.651. The molecule has 0 saturated heterocycles. The Morgan fingerprint density at radius 3 is 2.45 bits per heavy atom. The van der Waals surface area contributed by atoms with Crippen molar-refractivity contribution in [1.82, 2.24) is 5.32 Å². The molecule has 2 aliphatic heterocycles. The van der Waals surface area contributed by atoms with Crippen molar-refractivity contribution in [2.24, 2.45) is 10.8 Å². The summed E-state index contributed by atoms with van der Waals surface area (Å²) in [6.07, 6.45) is 8.22. The number of amides is 2. The summed E-state index contributed by atoms with van der Waals surface area (Å²) in [5.41, 5.74) is 0.221. The molecule has 0 radical (unpaired) electrons. The maximum absolute atomic E-state index is 13.2. The van der Waals surface area contributed by atoms with Gasteiger partial charge in [-0.25, -0.2) is 0 Å². The largest absolute Gasteiger partial charge is 0.507 e. The van der Waals surface area contributed by atoms with Crippen molar-refractivity contribution < 1.29 is 24.2 Å². The summed E-state index contributed by atoms with van der Waals surface area (Å²) < 4.78 is 6.76. The Kier molecular flexibility index (Phi) is 3.84. The molecule has 2 atom stereocenters. The zero-order valence-electron chi connectivity index (χ0n) is 18.0. The van der Waals surface area contributed by atoms with Gasteiger partial charge in [-0.05, 0) is 56.7 Å². The van der Waals surface area contributed by atoms with E-state index in [1.54, 1.807) is 0 Å². The van der Waals surface area contributed by atoms with Crippen LogP contribution >= 0.6 is 11.8 Å². The molecule has 1 spiro atoms. The van der Waals surface area contributed by atoms with Crippen LogP contribution in [0.25, 0.3) is 0 Å². The van der Waals surface area contributed by atoms with E-state index in [9.17, 15) is 19.5 Å². The number of aromatic hydroxyl groups is 1. The molecule has 0 aromatic heterocycles. The lowest BCUT2D eigenvalue weighted by atomic mass is 9.52. The molecule has 2 aliphatic carbocycles. The molecule has 7 heteroatoms. The maximum atomic E-state index is 13.2. The van der Waals surface area contributed by atoms with E-state index in [-0.39, 0.29) is 22.7 Å². The topological polar surface area (TPSA) is 92.7 Å². The monoisotopic (exact) mass is 437 g/mol. The van der Waals surface area contributed by atoms with Crippen LogP contribution < -0.4 is 10.1 Å². The SMILES string of the molecule is CSC1=CC23Oc4c(cc(O)c5c4C(=O)NC5=O)CC2(C)C(C)=CC=C3C(C)(C)C1=O. The second kappa shape index (κ2) is 5.91. The Hall–Kier alpha value is -2.80. The van der Waals surface area contributed by atoms with E-state index in [0.717, 1.165) is 11.1 Å². The first-order valence-corrected chi connectivity index (χ1v) is 11.4. The van der Waals surface area contributed by atoms with Crippen molar-refractivity contribution in [1.29, 1.82) is 0 Å². The fourth-order valence-electron chi connectivity index (χ4n) is 5.49. The van der Waals surface area contributed by atoms with E-state index in [2.05, 4.69) is 12.2 Å². The van der Waals surface area contributed by atoms with Gasteiger partial charge in [-0.1, -0.05) is 24.6 Å². The predicted octanol–water partition coefficient (Wildman–Crippen LogP) is 3.70. The third kappa shape index (κ3) is 2.22. The number of fused-ring (bicyclic) bond motifs is 3. The summed E-state index contributed by atoms with van der Waals surface area (Å²) in [7, 11) is 0. The van der Waals surface area contributed by atoms with Crippen molar-refractivity contribution in [2.45, 2.75) is 39.7 Å². The van der Waals surface area contributed by atoms with Crippen LogP contribution in [0.5, 0.6) is 11.5 Å². The zero-order chi connectivity index (χ0) is 22.5.